The van der Waals surface area contributed by atoms with Crippen LogP contribution in [0.2, 0.25) is 0 Å². The number of nitrogens with zero attached hydrogens (tertiary/aromatic N) is 5. The van der Waals surface area contributed by atoms with Gasteiger partial charge in [-0.1, -0.05) is 36.4 Å². The molecule has 0 spiro atoms. The van der Waals surface area contributed by atoms with Crippen molar-refractivity contribution in [1.29, 1.82) is 0 Å². The summed E-state index contributed by atoms with van der Waals surface area (Å²) in [5.74, 6) is 0.998. The molecular weight excluding hydrogens is 427 g/mol. The first-order valence-corrected chi connectivity index (χ1v) is 8.87. The number of nitrogens with two attached hydrogens (primary N) is 1. The Kier molecular flexibility index (Phi) is 4.08. The van der Waals surface area contributed by atoms with Gasteiger partial charge in [0.25, 0.3) is 0 Å². The van der Waals surface area contributed by atoms with Crippen molar-refractivity contribution < 1.29 is 0 Å². The highest BCUT2D eigenvalue weighted by atomic mass is 127. The van der Waals surface area contributed by atoms with E-state index in [0.29, 0.717) is 23.8 Å². The number of hydrogen-bond donors (Lipinski definition) is 1. The molecule has 4 rings (SSSR count). The molecule has 0 bridgehead atoms. The average Bonchev–Trinajstić information content (AvgIpc) is 3.06. The quantitative estimate of drug-likeness (QED) is 0.493. The van der Waals surface area contributed by atoms with Crippen LogP contribution in [-0.4, -0.2) is 24.6 Å². The van der Waals surface area contributed by atoms with Crippen molar-refractivity contribution in [3.63, 3.8) is 0 Å². The van der Waals surface area contributed by atoms with Crippen LogP contribution >= 0.6 is 22.6 Å². The summed E-state index contributed by atoms with van der Waals surface area (Å²) in [7, 11) is 0. The number of pyridine rings is 1. The second kappa shape index (κ2) is 6.40. The van der Waals surface area contributed by atoms with E-state index >= 15 is 0 Å². The summed E-state index contributed by atoms with van der Waals surface area (Å²) in [5.41, 5.74) is 10.7. The summed E-state index contributed by atoms with van der Waals surface area (Å²) in [6.45, 7) is 2.01. The van der Waals surface area contributed by atoms with Crippen molar-refractivity contribution >= 4 is 34.2 Å². The third-order valence-electron chi connectivity index (χ3n) is 3.86. The van der Waals surface area contributed by atoms with Gasteiger partial charge in [-0.3, -0.25) is 4.98 Å². The SMILES string of the molecule is Cc1ccc(Cc2nc3c(I)c(-c4ccccc4)nc(N)n3n2)nc1. The molecule has 0 radical (unpaired) electrons. The van der Waals surface area contributed by atoms with Crippen molar-refractivity contribution in [2.45, 2.75) is 13.3 Å². The van der Waals surface area contributed by atoms with E-state index in [2.05, 4.69) is 42.6 Å². The fraction of sp³-hybridized carbons (Fsp3) is 0.111. The molecule has 0 fully saturated rings. The van der Waals surface area contributed by atoms with E-state index in [1.165, 1.54) is 0 Å². The largest absolute Gasteiger partial charge is 0.368 e. The molecule has 6 nitrogen and oxygen atoms in total. The maximum Gasteiger partial charge on any atom is 0.223 e. The maximum absolute atomic E-state index is 6.12. The molecule has 0 atom stereocenters. The molecule has 7 heteroatoms. The van der Waals surface area contributed by atoms with Gasteiger partial charge in [-0.2, -0.15) is 4.52 Å². The molecule has 25 heavy (non-hydrogen) atoms. The topological polar surface area (TPSA) is 82.0 Å². The van der Waals surface area contributed by atoms with Gasteiger partial charge < -0.3 is 5.73 Å². The van der Waals surface area contributed by atoms with Gasteiger partial charge in [0, 0.05) is 17.5 Å². The standard InChI is InChI=1S/C18H15IN6/c1-11-7-8-13(21-10-11)9-14-22-17-15(19)16(12-5-3-2-4-6-12)23-18(20)25(17)24-14/h2-8,10H,9H2,1H3,(H2,20,23). The molecule has 0 aliphatic rings. The number of benzene rings is 1. The second-order valence-corrected chi connectivity index (χ2v) is 6.84. The normalized spacial score (nSPS) is 11.1. The van der Waals surface area contributed by atoms with E-state index in [1.807, 2.05) is 55.6 Å². The van der Waals surface area contributed by atoms with Crippen LogP contribution in [0.25, 0.3) is 16.9 Å². The van der Waals surface area contributed by atoms with Crippen LogP contribution < -0.4 is 5.73 Å². The van der Waals surface area contributed by atoms with Crippen molar-refractivity contribution in [3.05, 3.63) is 69.3 Å². The Morgan fingerprint density at radius 1 is 1.08 bits per heavy atom. The molecule has 4 aromatic rings. The van der Waals surface area contributed by atoms with Crippen LogP contribution in [0.4, 0.5) is 5.95 Å². The fourth-order valence-electron chi connectivity index (χ4n) is 2.60. The van der Waals surface area contributed by atoms with E-state index in [4.69, 9.17) is 5.73 Å². The fourth-order valence-corrected chi connectivity index (χ4v) is 3.38. The van der Waals surface area contributed by atoms with Crippen LogP contribution in [0.1, 0.15) is 17.1 Å². The minimum Gasteiger partial charge on any atom is -0.368 e. The van der Waals surface area contributed by atoms with Crippen LogP contribution in [-0.2, 0) is 6.42 Å². The maximum atomic E-state index is 6.12. The summed E-state index contributed by atoms with van der Waals surface area (Å²) >= 11 is 2.25. The van der Waals surface area contributed by atoms with Gasteiger partial charge in [0.2, 0.25) is 5.95 Å². The number of nitrogen functional groups attached to an aromatic ring is 1. The lowest BCUT2D eigenvalue weighted by atomic mass is 10.1. The van der Waals surface area contributed by atoms with Crippen LogP contribution in [0.5, 0.6) is 0 Å². The number of rotatable bonds is 3. The molecule has 0 aliphatic heterocycles. The zero-order chi connectivity index (χ0) is 17.4. The second-order valence-electron chi connectivity index (χ2n) is 5.77. The van der Waals surface area contributed by atoms with Gasteiger partial charge >= 0.3 is 0 Å². The lowest BCUT2D eigenvalue weighted by molar-refractivity contribution is 0.877. The third kappa shape index (κ3) is 3.07. The third-order valence-corrected chi connectivity index (χ3v) is 4.85. The Morgan fingerprint density at radius 3 is 2.60 bits per heavy atom. The van der Waals surface area contributed by atoms with Gasteiger partial charge in [-0.05, 0) is 41.1 Å². The van der Waals surface area contributed by atoms with Gasteiger partial charge in [0.1, 0.15) is 0 Å². The first-order chi connectivity index (χ1) is 12.1. The van der Waals surface area contributed by atoms with Gasteiger partial charge in [0.15, 0.2) is 11.5 Å². The van der Waals surface area contributed by atoms with E-state index in [0.717, 1.165) is 26.1 Å². The first-order valence-electron chi connectivity index (χ1n) is 7.79. The highest BCUT2D eigenvalue weighted by Gasteiger charge is 2.16. The summed E-state index contributed by atoms with van der Waals surface area (Å²) in [4.78, 5) is 13.6. The number of fused-ring (bicyclic) bond motifs is 1. The van der Waals surface area contributed by atoms with E-state index < -0.39 is 0 Å². The van der Waals surface area contributed by atoms with Crippen LogP contribution in [0.3, 0.4) is 0 Å². The van der Waals surface area contributed by atoms with E-state index in [1.54, 1.807) is 4.52 Å². The minimum atomic E-state index is 0.324. The molecule has 0 amide bonds. The number of halogens is 1. The Labute approximate surface area is 158 Å². The lowest BCUT2D eigenvalue weighted by Gasteiger charge is -2.06. The minimum absolute atomic E-state index is 0.324. The number of aryl methyl sites for hydroxylation is 1. The van der Waals surface area contributed by atoms with Crippen LogP contribution in [0.15, 0.2) is 48.7 Å². The highest BCUT2D eigenvalue weighted by molar-refractivity contribution is 14.1. The average molecular weight is 442 g/mol. The van der Waals surface area contributed by atoms with Crippen molar-refractivity contribution in [2.24, 2.45) is 0 Å². The lowest BCUT2D eigenvalue weighted by Crippen LogP contribution is -2.05. The van der Waals surface area contributed by atoms with Crippen LogP contribution in [0, 0.1) is 10.5 Å². The zero-order valence-corrected chi connectivity index (χ0v) is 15.7. The Balaban J connectivity index is 1.79. The highest BCUT2D eigenvalue weighted by Crippen LogP contribution is 2.27. The molecule has 3 aromatic heterocycles. The monoisotopic (exact) mass is 442 g/mol. The van der Waals surface area contributed by atoms with Gasteiger partial charge in [-0.15, -0.1) is 5.10 Å². The van der Waals surface area contributed by atoms with Gasteiger partial charge in [0.05, 0.1) is 15.7 Å². The van der Waals surface area contributed by atoms with E-state index in [-0.39, 0.29) is 0 Å². The summed E-state index contributed by atoms with van der Waals surface area (Å²) in [6, 6.07) is 14.0. The molecule has 0 unspecified atom stereocenters. The molecule has 1 aromatic carbocycles. The van der Waals surface area contributed by atoms with Gasteiger partial charge in [-0.25, -0.2) is 9.97 Å². The number of hydrogen-bond acceptors (Lipinski definition) is 5. The Hall–Kier alpha value is -2.55. The predicted octanol–water partition coefficient (Wildman–Crippen LogP) is 3.27. The number of aromatic nitrogens is 5. The van der Waals surface area contributed by atoms with E-state index in [9.17, 15) is 0 Å². The Morgan fingerprint density at radius 2 is 1.88 bits per heavy atom. The summed E-state index contributed by atoms with van der Waals surface area (Å²) in [5, 5.41) is 4.50. The molecule has 124 valence electrons. The van der Waals surface area contributed by atoms with Crippen molar-refractivity contribution in [2.75, 3.05) is 5.73 Å². The smallest absolute Gasteiger partial charge is 0.223 e. The molecule has 0 saturated carbocycles. The summed E-state index contributed by atoms with van der Waals surface area (Å²) in [6.07, 6.45) is 2.40. The zero-order valence-electron chi connectivity index (χ0n) is 13.5. The molecule has 0 aliphatic carbocycles. The molecule has 3 heterocycles. The molecular formula is C18H15IN6. The first kappa shape index (κ1) is 15.9. The Bertz CT molecular complexity index is 1040. The van der Waals surface area contributed by atoms with Crippen molar-refractivity contribution in [3.8, 4) is 11.3 Å². The van der Waals surface area contributed by atoms with Crippen molar-refractivity contribution in [1.82, 2.24) is 24.6 Å². The molecule has 2 N–H and O–H groups in total. The number of anilines is 1. The summed E-state index contributed by atoms with van der Waals surface area (Å²) < 4.78 is 2.52. The predicted molar refractivity (Wildman–Crippen MR) is 105 cm³/mol. The molecule has 0 saturated heterocycles.